The molecule has 5 nitrogen and oxygen atoms in total. The highest BCUT2D eigenvalue weighted by Gasteiger charge is 2.33. The van der Waals surface area contributed by atoms with Gasteiger partial charge in [-0.05, 0) is 6.92 Å². The molecule has 70 valence electrons. The van der Waals surface area contributed by atoms with E-state index in [1.54, 1.807) is 0 Å². The number of carboxylic acid groups (broad SMARTS) is 1. The standard InChI is InChI=1S/C7H14N2O3/c1-2-12-6-4-9(7(10)11)3-5(6)8/h5-6H,2-4,8H2,1H3,(H,10,11). The Kier molecular flexibility index (Phi) is 2.88. The van der Waals surface area contributed by atoms with E-state index in [0.717, 1.165) is 0 Å². The monoisotopic (exact) mass is 174 g/mol. The van der Waals surface area contributed by atoms with Crippen molar-refractivity contribution >= 4 is 6.09 Å². The molecular formula is C7H14N2O3. The summed E-state index contributed by atoms with van der Waals surface area (Å²) in [6.45, 7) is 3.21. The highest BCUT2D eigenvalue weighted by Crippen LogP contribution is 2.11. The fraction of sp³-hybridized carbons (Fsp3) is 0.857. The molecule has 2 atom stereocenters. The molecule has 0 spiro atoms. The van der Waals surface area contributed by atoms with Crippen LogP contribution < -0.4 is 5.73 Å². The van der Waals surface area contributed by atoms with Gasteiger partial charge in [0.2, 0.25) is 0 Å². The Hall–Kier alpha value is -0.810. The van der Waals surface area contributed by atoms with Gasteiger partial charge in [0.15, 0.2) is 0 Å². The number of carbonyl (C=O) groups is 1. The lowest BCUT2D eigenvalue weighted by atomic mass is 10.2. The molecule has 1 aliphatic heterocycles. The molecule has 1 rings (SSSR count). The van der Waals surface area contributed by atoms with Crippen LogP contribution in [0.3, 0.4) is 0 Å². The van der Waals surface area contributed by atoms with Gasteiger partial charge in [0.25, 0.3) is 0 Å². The number of ether oxygens (including phenoxy) is 1. The van der Waals surface area contributed by atoms with Crippen molar-refractivity contribution in [3.05, 3.63) is 0 Å². The summed E-state index contributed by atoms with van der Waals surface area (Å²) in [5, 5.41) is 8.63. The topological polar surface area (TPSA) is 75.8 Å². The molecule has 0 bridgehead atoms. The predicted octanol–water partition coefficient (Wildman–Crippen LogP) is -0.288. The summed E-state index contributed by atoms with van der Waals surface area (Å²) in [6.07, 6.45) is -1.06. The second kappa shape index (κ2) is 3.73. The van der Waals surface area contributed by atoms with E-state index in [1.165, 1.54) is 4.90 Å². The largest absolute Gasteiger partial charge is 0.465 e. The van der Waals surface area contributed by atoms with E-state index in [9.17, 15) is 4.79 Å². The minimum absolute atomic E-state index is 0.133. The van der Waals surface area contributed by atoms with Gasteiger partial charge in [0.05, 0.1) is 18.7 Å². The zero-order valence-electron chi connectivity index (χ0n) is 7.06. The molecule has 2 unspecified atom stereocenters. The second-order valence-electron chi connectivity index (χ2n) is 2.85. The maximum absolute atomic E-state index is 10.5. The van der Waals surface area contributed by atoms with Crippen LogP contribution in [0.2, 0.25) is 0 Å². The van der Waals surface area contributed by atoms with E-state index in [-0.39, 0.29) is 12.1 Å². The van der Waals surface area contributed by atoms with E-state index in [4.69, 9.17) is 15.6 Å². The van der Waals surface area contributed by atoms with E-state index in [2.05, 4.69) is 0 Å². The van der Waals surface area contributed by atoms with Crippen LogP contribution >= 0.6 is 0 Å². The zero-order chi connectivity index (χ0) is 9.14. The molecule has 0 radical (unpaired) electrons. The van der Waals surface area contributed by atoms with Crippen LogP contribution in [0.15, 0.2) is 0 Å². The average molecular weight is 174 g/mol. The minimum atomic E-state index is -0.923. The molecule has 0 aromatic rings. The molecule has 0 aromatic carbocycles. The maximum Gasteiger partial charge on any atom is 0.407 e. The quantitative estimate of drug-likeness (QED) is 0.603. The zero-order valence-corrected chi connectivity index (χ0v) is 7.06. The van der Waals surface area contributed by atoms with Gasteiger partial charge in [0, 0.05) is 13.2 Å². The van der Waals surface area contributed by atoms with Gasteiger partial charge in [-0.2, -0.15) is 0 Å². The van der Waals surface area contributed by atoms with Crippen molar-refractivity contribution in [1.82, 2.24) is 4.90 Å². The predicted molar refractivity (Wildman–Crippen MR) is 43.0 cm³/mol. The van der Waals surface area contributed by atoms with Crippen molar-refractivity contribution in [2.24, 2.45) is 5.73 Å². The average Bonchev–Trinajstić information content (AvgIpc) is 2.34. The van der Waals surface area contributed by atoms with Crippen LogP contribution in [0.4, 0.5) is 4.79 Å². The van der Waals surface area contributed by atoms with E-state index >= 15 is 0 Å². The Bertz CT molecular complexity index is 174. The third kappa shape index (κ3) is 1.86. The van der Waals surface area contributed by atoms with Crippen LogP contribution in [0, 0.1) is 0 Å². The number of hydrogen-bond acceptors (Lipinski definition) is 3. The number of hydrogen-bond donors (Lipinski definition) is 2. The van der Waals surface area contributed by atoms with Crippen LogP contribution in [-0.2, 0) is 4.74 Å². The highest BCUT2D eigenvalue weighted by atomic mass is 16.5. The van der Waals surface area contributed by atoms with Crippen LogP contribution in [0.25, 0.3) is 0 Å². The summed E-state index contributed by atoms with van der Waals surface area (Å²) >= 11 is 0. The Labute approximate surface area is 71.1 Å². The first-order valence-electron chi connectivity index (χ1n) is 4.00. The summed E-state index contributed by atoms with van der Waals surface area (Å²) in [7, 11) is 0. The number of nitrogens with two attached hydrogens (primary N) is 1. The first-order chi connectivity index (χ1) is 5.65. The molecular weight excluding hydrogens is 160 g/mol. The third-order valence-corrected chi connectivity index (χ3v) is 1.96. The molecule has 1 amide bonds. The molecule has 1 heterocycles. The van der Waals surface area contributed by atoms with Gasteiger partial charge in [-0.3, -0.25) is 0 Å². The van der Waals surface area contributed by atoms with Crippen LogP contribution in [0.1, 0.15) is 6.92 Å². The van der Waals surface area contributed by atoms with Crippen molar-refractivity contribution in [3.63, 3.8) is 0 Å². The SMILES string of the molecule is CCOC1CN(C(=O)O)CC1N. The van der Waals surface area contributed by atoms with Gasteiger partial charge in [0.1, 0.15) is 0 Å². The molecule has 1 aliphatic rings. The first-order valence-corrected chi connectivity index (χ1v) is 4.00. The summed E-state index contributed by atoms with van der Waals surface area (Å²) in [4.78, 5) is 11.8. The van der Waals surface area contributed by atoms with Gasteiger partial charge in [-0.1, -0.05) is 0 Å². The van der Waals surface area contributed by atoms with Gasteiger partial charge in [-0.15, -0.1) is 0 Å². The lowest BCUT2D eigenvalue weighted by Crippen LogP contribution is -2.35. The third-order valence-electron chi connectivity index (χ3n) is 1.96. The van der Waals surface area contributed by atoms with Gasteiger partial charge in [-0.25, -0.2) is 4.79 Å². The molecule has 0 aliphatic carbocycles. The van der Waals surface area contributed by atoms with E-state index in [1.807, 2.05) is 6.92 Å². The molecule has 0 saturated carbocycles. The maximum atomic E-state index is 10.5. The molecule has 1 saturated heterocycles. The normalized spacial score (nSPS) is 29.3. The Balaban J connectivity index is 2.44. The van der Waals surface area contributed by atoms with E-state index in [0.29, 0.717) is 19.7 Å². The van der Waals surface area contributed by atoms with Crippen molar-refractivity contribution in [2.45, 2.75) is 19.1 Å². The molecule has 0 aromatic heterocycles. The van der Waals surface area contributed by atoms with Crippen LogP contribution in [0.5, 0.6) is 0 Å². The Morgan fingerprint density at radius 2 is 2.42 bits per heavy atom. The summed E-state index contributed by atoms with van der Waals surface area (Å²) < 4.78 is 5.27. The summed E-state index contributed by atoms with van der Waals surface area (Å²) in [5.74, 6) is 0. The second-order valence-corrected chi connectivity index (χ2v) is 2.85. The van der Waals surface area contributed by atoms with Crippen molar-refractivity contribution in [2.75, 3.05) is 19.7 Å². The van der Waals surface area contributed by atoms with Crippen molar-refractivity contribution < 1.29 is 14.6 Å². The Morgan fingerprint density at radius 3 is 2.83 bits per heavy atom. The smallest absolute Gasteiger partial charge is 0.407 e. The fourth-order valence-corrected chi connectivity index (χ4v) is 1.35. The number of likely N-dealkylation sites (tertiary alicyclic amines) is 1. The lowest BCUT2D eigenvalue weighted by molar-refractivity contribution is 0.0599. The molecule has 5 heteroatoms. The molecule has 3 N–H and O–H groups in total. The molecule has 12 heavy (non-hydrogen) atoms. The summed E-state index contributed by atoms with van der Waals surface area (Å²) in [5.41, 5.74) is 5.66. The highest BCUT2D eigenvalue weighted by molar-refractivity contribution is 5.65. The van der Waals surface area contributed by atoms with Gasteiger partial charge < -0.3 is 20.5 Å². The van der Waals surface area contributed by atoms with Crippen molar-refractivity contribution in [3.8, 4) is 0 Å². The van der Waals surface area contributed by atoms with Gasteiger partial charge >= 0.3 is 6.09 Å². The first kappa shape index (κ1) is 9.28. The summed E-state index contributed by atoms with van der Waals surface area (Å²) in [6, 6.07) is -0.180. The Morgan fingerprint density at radius 1 is 1.75 bits per heavy atom. The number of nitrogens with zero attached hydrogens (tertiary/aromatic N) is 1. The van der Waals surface area contributed by atoms with Crippen LogP contribution in [-0.4, -0.2) is 47.9 Å². The van der Waals surface area contributed by atoms with E-state index < -0.39 is 6.09 Å². The van der Waals surface area contributed by atoms with Crippen molar-refractivity contribution in [1.29, 1.82) is 0 Å². The number of amides is 1. The fourth-order valence-electron chi connectivity index (χ4n) is 1.35. The minimum Gasteiger partial charge on any atom is -0.465 e. The lowest BCUT2D eigenvalue weighted by Gasteiger charge is -2.12. The number of rotatable bonds is 2. The molecule has 1 fully saturated rings.